The third kappa shape index (κ3) is 3.60. The Labute approximate surface area is 139 Å². The molecular weight excluding hydrogens is 304 g/mol. The van der Waals surface area contributed by atoms with Gasteiger partial charge in [0.1, 0.15) is 17.7 Å². The first-order valence-corrected chi connectivity index (χ1v) is 7.76. The number of nitrogens with zero attached hydrogens (tertiary/aromatic N) is 2. The standard InChI is InChI=1S/C18H18N4O2/c1-2-19-15(23)10-6-7-13-11-20-17-16(13)18(22-12-21-17)24-14-8-4-3-5-9-14/h3-6,8-12H,2,7H2,1H3,(H,19,23)(H,20,21,22). The van der Waals surface area contributed by atoms with Crippen LogP contribution in [0.2, 0.25) is 0 Å². The van der Waals surface area contributed by atoms with Crippen molar-refractivity contribution in [2.45, 2.75) is 13.3 Å². The molecule has 0 aliphatic rings. The summed E-state index contributed by atoms with van der Waals surface area (Å²) in [7, 11) is 0. The summed E-state index contributed by atoms with van der Waals surface area (Å²) in [5.41, 5.74) is 1.68. The molecule has 2 aromatic heterocycles. The Morgan fingerprint density at radius 2 is 2.12 bits per heavy atom. The maximum absolute atomic E-state index is 11.5. The van der Waals surface area contributed by atoms with E-state index < -0.39 is 0 Å². The zero-order valence-corrected chi connectivity index (χ0v) is 13.3. The molecule has 6 heteroatoms. The van der Waals surface area contributed by atoms with E-state index in [9.17, 15) is 4.79 Å². The van der Waals surface area contributed by atoms with Gasteiger partial charge in [0.05, 0.1) is 5.39 Å². The molecule has 24 heavy (non-hydrogen) atoms. The number of likely N-dealkylation sites (N-methyl/N-ethyl adjacent to an activating group) is 1. The highest BCUT2D eigenvalue weighted by Crippen LogP contribution is 2.29. The summed E-state index contributed by atoms with van der Waals surface area (Å²) in [5, 5.41) is 3.55. The Kier molecular flexibility index (Phi) is 4.86. The number of para-hydroxylation sites is 1. The number of hydrogen-bond donors (Lipinski definition) is 2. The zero-order valence-electron chi connectivity index (χ0n) is 13.3. The van der Waals surface area contributed by atoms with Crippen molar-refractivity contribution in [2.75, 3.05) is 6.54 Å². The molecule has 0 spiro atoms. The summed E-state index contributed by atoms with van der Waals surface area (Å²) in [6.07, 6.45) is 7.25. The maximum Gasteiger partial charge on any atom is 0.243 e. The summed E-state index contributed by atoms with van der Waals surface area (Å²) in [6, 6.07) is 9.47. The van der Waals surface area contributed by atoms with Gasteiger partial charge in [-0.3, -0.25) is 4.79 Å². The number of amides is 1. The molecule has 0 unspecified atom stereocenters. The molecule has 3 aromatic rings. The van der Waals surface area contributed by atoms with Crippen molar-refractivity contribution in [3.05, 3.63) is 60.6 Å². The van der Waals surface area contributed by atoms with Crippen LogP contribution in [-0.4, -0.2) is 27.4 Å². The summed E-state index contributed by atoms with van der Waals surface area (Å²) >= 11 is 0. The average molecular weight is 322 g/mol. The van der Waals surface area contributed by atoms with E-state index in [1.807, 2.05) is 49.5 Å². The van der Waals surface area contributed by atoms with Crippen molar-refractivity contribution in [1.29, 1.82) is 0 Å². The van der Waals surface area contributed by atoms with Crippen molar-refractivity contribution >= 4 is 16.9 Å². The van der Waals surface area contributed by atoms with Crippen LogP contribution in [0.5, 0.6) is 11.6 Å². The molecule has 0 saturated carbocycles. The van der Waals surface area contributed by atoms with Crippen LogP contribution in [0.1, 0.15) is 12.5 Å². The van der Waals surface area contributed by atoms with Gasteiger partial charge in [0.15, 0.2) is 0 Å². The number of carbonyl (C=O) groups is 1. The van der Waals surface area contributed by atoms with Crippen LogP contribution < -0.4 is 10.1 Å². The van der Waals surface area contributed by atoms with Gasteiger partial charge in [-0.2, -0.15) is 0 Å². The third-order valence-electron chi connectivity index (χ3n) is 3.43. The van der Waals surface area contributed by atoms with Gasteiger partial charge in [0.2, 0.25) is 11.8 Å². The van der Waals surface area contributed by atoms with Crippen LogP contribution in [0.25, 0.3) is 11.0 Å². The average Bonchev–Trinajstić information content (AvgIpc) is 3.00. The SMILES string of the molecule is CCNC(=O)C=CCc1c[nH]c2ncnc(Oc3ccccc3)c12. The molecule has 1 amide bonds. The number of hydrogen-bond acceptors (Lipinski definition) is 4. The fraction of sp³-hybridized carbons (Fsp3) is 0.167. The molecule has 0 saturated heterocycles. The van der Waals surface area contributed by atoms with Crippen molar-refractivity contribution in [2.24, 2.45) is 0 Å². The number of fused-ring (bicyclic) bond motifs is 1. The van der Waals surface area contributed by atoms with E-state index in [1.165, 1.54) is 12.4 Å². The first-order valence-electron chi connectivity index (χ1n) is 7.76. The number of H-pyrrole nitrogens is 1. The second-order valence-corrected chi connectivity index (χ2v) is 5.13. The van der Waals surface area contributed by atoms with Gasteiger partial charge in [-0.1, -0.05) is 24.3 Å². The Balaban J connectivity index is 1.85. The highest BCUT2D eigenvalue weighted by atomic mass is 16.5. The number of allylic oxidation sites excluding steroid dienone is 1. The van der Waals surface area contributed by atoms with Crippen LogP contribution >= 0.6 is 0 Å². The molecule has 0 bridgehead atoms. The fourth-order valence-corrected chi connectivity index (χ4v) is 2.36. The minimum Gasteiger partial charge on any atom is -0.438 e. The van der Waals surface area contributed by atoms with Crippen LogP contribution in [0.15, 0.2) is 55.0 Å². The van der Waals surface area contributed by atoms with E-state index in [0.29, 0.717) is 30.2 Å². The molecule has 0 fully saturated rings. The van der Waals surface area contributed by atoms with Gasteiger partial charge in [0.25, 0.3) is 0 Å². The van der Waals surface area contributed by atoms with E-state index in [4.69, 9.17) is 4.74 Å². The number of rotatable bonds is 6. The minimum atomic E-state index is -0.102. The molecule has 122 valence electrons. The molecule has 0 aliphatic heterocycles. The lowest BCUT2D eigenvalue weighted by atomic mass is 10.1. The molecular formula is C18H18N4O2. The lowest BCUT2D eigenvalue weighted by Crippen LogP contribution is -2.19. The number of nitrogens with one attached hydrogen (secondary N) is 2. The molecule has 2 N–H and O–H groups in total. The first-order chi connectivity index (χ1) is 11.8. The van der Waals surface area contributed by atoms with E-state index in [1.54, 1.807) is 0 Å². The van der Waals surface area contributed by atoms with Crippen molar-refractivity contribution < 1.29 is 9.53 Å². The van der Waals surface area contributed by atoms with Gasteiger partial charge in [0, 0.05) is 12.7 Å². The summed E-state index contributed by atoms with van der Waals surface area (Å²) in [4.78, 5) is 23.1. The van der Waals surface area contributed by atoms with E-state index in [0.717, 1.165) is 10.9 Å². The number of carbonyl (C=O) groups excluding carboxylic acids is 1. The lowest BCUT2D eigenvalue weighted by Gasteiger charge is -2.06. The van der Waals surface area contributed by atoms with Gasteiger partial charge >= 0.3 is 0 Å². The number of ether oxygens (including phenoxy) is 1. The number of aromatic nitrogens is 3. The van der Waals surface area contributed by atoms with Crippen molar-refractivity contribution in [3.8, 4) is 11.6 Å². The van der Waals surface area contributed by atoms with Crippen LogP contribution in [0.3, 0.4) is 0 Å². The Bertz CT molecular complexity index is 856. The van der Waals surface area contributed by atoms with Crippen molar-refractivity contribution in [1.82, 2.24) is 20.3 Å². The Hall–Kier alpha value is -3.15. The predicted octanol–water partition coefficient (Wildman–Crippen LogP) is 2.99. The molecule has 6 nitrogen and oxygen atoms in total. The van der Waals surface area contributed by atoms with E-state index in [2.05, 4.69) is 20.3 Å². The molecule has 0 aliphatic carbocycles. The molecule has 0 radical (unpaired) electrons. The van der Waals surface area contributed by atoms with E-state index in [-0.39, 0.29) is 5.91 Å². The predicted molar refractivity (Wildman–Crippen MR) is 91.9 cm³/mol. The smallest absolute Gasteiger partial charge is 0.243 e. The van der Waals surface area contributed by atoms with E-state index >= 15 is 0 Å². The summed E-state index contributed by atoms with van der Waals surface area (Å²) in [6.45, 7) is 2.50. The maximum atomic E-state index is 11.5. The zero-order chi connectivity index (χ0) is 16.8. The monoisotopic (exact) mass is 322 g/mol. The molecule has 1 aromatic carbocycles. The second-order valence-electron chi connectivity index (χ2n) is 5.13. The van der Waals surface area contributed by atoms with Gasteiger partial charge in [-0.15, -0.1) is 0 Å². The van der Waals surface area contributed by atoms with Gasteiger partial charge in [-0.25, -0.2) is 9.97 Å². The quantitative estimate of drug-likeness (QED) is 0.684. The molecule has 3 rings (SSSR count). The molecule has 0 atom stereocenters. The highest BCUT2D eigenvalue weighted by Gasteiger charge is 2.12. The minimum absolute atomic E-state index is 0.102. The van der Waals surface area contributed by atoms with Gasteiger partial charge < -0.3 is 15.0 Å². The topological polar surface area (TPSA) is 79.9 Å². The Morgan fingerprint density at radius 3 is 2.92 bits per heavy atom. The van der Waals surface area contributed by atoms with Gasteiger partial charge in [-0.05, 0) is 37.1 Å². The van der Waals surface area contributed by atoms with Crippen LogP contribution in [0, 0.1) is 0 Å². The Morgan fingerprint density at radius 1 is 1.29 bits per heavy atom. The lowest BCUT2D eigenvalue weighted by molar-refractivity contribution is -0.116. The number of benzene rings is 1. The first kappa shape index (κ1) is 15.7. The normalized spacial score (nSPS) is 11.0. The highest BCUT2D eigenvalue weighted by molar-refractivity contribution is 5.88. The van der Waals surface area contributed by atoms with Crippen molar-refractivity contribution in [3.63, 3.8) is 0 Å². The number of aromatic amines is 1. The summed E-state index contributed by atoms with van der Waals surface area (Å²) in [5.74, 6) is 1.10. The summed E-state index contributed by atoms with van der Waals surface area (Å²) < 4.78 is 5.88. The largest absolute Gasteiger partial charge is 0.438 e. The second kappa shape index (κ2) is 7.41. The fourth-order valence-electron chi connectivity index (χ4n) is 2.36. The third-order valence-corrected chi connectivity index (χ3v) is 3.43. The molecule has 2 heterocycles. The van der Waals surface area contributed by atoms with Crippen LogP contribution in [0.4, 0.5) is 0 Å². The van der Waals surface area contributed by atoms with Crippen LogP contribution in [-0.2, 0) is 11.2 Å².